The average molecular weight is 402 g/mol. The van der Waals surface area contributed by atoms with Crippen molar-refractivity contribution in [2.45, 2.75) is 19.3 Å². The number of benzene rings is 2. The van der Waals surface area contributed by atoms with Crippen LogP contribution in [0.15, 0.2) is 41.3 Å². The molecule has 0 bridgehead atoms. The standard InChI is InChI=1S/C21H17F3N2O3/c22-12-4-6-13(7-5-12)26-11-15(21(28)29)20(27)14-10-16(23)19(17(24)18(14)26)25-8-2-1-3-9-25/h4-7,10-11H,1-3,8-9H2,(H,28,29). The van der Waals surface area contributed by atoms with Crippen LogP contribution >= 0.6 is 0 Å². The van der Waals surface area contributed by atoms with Crippen molar-refractivity contribution in [1.29, 1.82) is 0 Å². The van der Waals surface area contributed by atoms with E-state index >= 15 is 4.39 Å². The van der Waals surface area contributed by atoms with Crippen LogP contribution in [0.3, 0.4) is 0 Å². The maximum atomic E-state index is 15.6. The van der Waals surface area contributed by atoms with Gasteiger partial charge in [0.15, 0.2) is 5.82 Å². The summed E-state index contributed by atoms with van der Waals surface area (Å²) in [6.45, 7) is 0.959. The molecule has 8 heteroatoms. The highest BCUT2D eigenvalue weighted by Crippen LogP contribution is 2.33. The molecule has 0 saturated carbocycles. The number of fused-ring (bicyclic) bond motifs is 1. The van der Waals surface area contributed by atoms with E-state index in [1.54, 1.807) is 4.90 Å². The van der Waals surface area contributed by atoms with E-state index in [9.17, 15) is 23.5 Å². The lowest BCUT2D eigenvalue weighted by atomic mass is 10.1. The Kier molecular flexibility index (Phi) is 4.77. The second kappa shape index (κ2) is 7.27. The highest BCUT2D eigenvalue weighted by atomic mass is 19.1. The Morgan fingerprint density at radius 3 is 2.28 bits per heavy atom. The molecule has 1 saturated heterocycles. The molecule has 2 aromatic carbocycles. The lowest BCUT2D eigenvalue weighted by Gasteiger charge is -2.30. The zero-order valence-corrected chi connectivity index (χ0v) is 15.3. The van der Waals surface area contributed by atoms with E-state index in [0.29, 0.717) is 13.1 Å². The molecular formula is C21H17F3N2O3. The predicted octanol–water partition coefficient (Wildman–Crippen LogP) is 4.10. The molecule has 0 atom stereocenters. The topological polar surface area (TPSA) is 62.5 Å². The molecular weight excluding hydrogens is 385 g/mol. The lowest BCUT2D eigenvalue weighted by Crippen LogP contribution is -2.31. The highest BCUT2D eigenvalue weighted by molar-refractivity contribution is 5.94. The number of piperidine rings is 1. The van der Waals surface area contributed by atoms with Crippen LogP contribution in [0.5, 0.6) is 0 Å². The third-order valence-corrected chi connectivity index (χ3v) is 5.16. The summed E-state index contributed by atoms with van der Waals surface area (Å²) in [5, 5.41) is 8.98. The van der Waals surface area contributed by atoms with Gasteiger partial charge >= 0.3 is 5.97 Å². The van der Waals surface area contributed by atoms with E-state index in [2.05, 4.69) is 0 Å². The van der Waals surface area contributed by atoms with Gasteiger partial charge < -0.3 is 14.6 Å². The maximum absolute atomic E-state index is 15.6. The van der Waals surface area contributed by atoms with Crippen molar-refractivity contribution < 1.29 is 23.1 Å². The molecule has 0 unspecified atom stereocenters. The van der Waals surface area contributed by atoms with Gasteiger partial charge in [0.2, 0.25) is 5.43 Å². The fourth-order valence-corrected chi connectivity index (χ4v) is 3.77. The fourth-order valence-electron chi connectivity index (χ4n) is 3.77. The third kappa shape index (κ3) is 3.24. The van der Waals surface area contributed by atoms with Crippen LogP contribution in [0.25, 0.3) is 16.6 Å². The number of carboxylic acid groups (broad SMARTS) is 1. The number of aromatic nitrogens is 1. The summed E-state index contributed by atoms with van der Waals surface area (Å²) in [6.07, 6.45) is 3.54. The van der Waals surface area contributed by atoms with Gasteiger partial charge in [0.05, 0.1) is 10.9 Å². The smallest absolute Gasteiger partial charge is 0.341 e. The number of hydrogen-bond acceptors (Lipinski definition) is 3. The zero-order chi connectivity index (χ0) is 20.7. The summed E-state index contributed by atoms with van der Waals surface area (Å²) in [7, 11) is 0. The molecule has 29 heavy (non-hydrogen) atoms. The van der Waals surface area contributed by atoms with Crippen LogP contribution in [-0.2, 0) is 0 Å². The average Bonchev–Trinajstić information content (AvgIpc) is 2.70. The van der Waals surface area contributed by atoms with Gasteiger partial charge in [0, 0.05) is 25.0 Å². The Morgan fingerprint density at radius 1 is 1.00 bits per heavy atom. The Hall–Kier alpha value is -3.29. The van der Waals surface area contributed by atoms with E-state index in [1.807, 2.05) is 0 Å². The number of rotatable bonds is 3. The zero-order valence-electron chi connectivity index (χ0n) is 15.3. The van der Waals surface area contributed by atoms with Crippen LogP contribution in [0.1, 0.15) is 29.6 Å². The van der Waals surface area contributed by atoms with Crippen LogP contribution in [-0.4, -0.2) is 28.7 Å². The quantitative estimate of drug-likeness (QED) is 0.717. The molecule has 0 spiro atoms. The van der Waals surface area contributed by atoms with Gasteiger partial charge in [0.25, 0.3) is 0 Å². The second-order valence-corrected chi connectivity index (χ2v) is 6.99. The largest absolute Gasteiger partial charge is 0.477 e. The van der Waals surface area contributed by atoms with Crippen molar-refractivity contribution in [3.63, 3.8) is 0 Å². The third-order valence-electron chi connectivity index (χ3n) is 5.16. The second-order valence-electron chi connectivity index (χ2n) is 6.99. The minimum absolute atomic E-state index is 0.240. The van der Waals surface area contributed by atoms with E-state index in [-0.39, 0.29) is 22.3 Å². The van der Waals surface area contributed by atoms with Crippen molar-refractivity contribution in [2.24, 2.45) is 0 Å². The summed E-state index contributed by atoms with van der Waals surface area (Å²) >= 11 is 0. The molecule has 1 fully saturated rings. The number of nitrogens with zero attached hydrogens (tertiary/aromatic N) is 2. The lowest BCUT2D eigenvalue weighted by molar-refractivity contribution is 0.0695. The normalized spacial score (nSPS) is 14.4. The van der Waals surface area contributed by atoms with Crippen molar-refractivity contribution in [3.05, 3.63) is 69.8 Å². The first-order valence-electron chi connectivity index (χ1n) is 9.20. The number of aromatic carboxylic acids is 1. The molecule has 1 aromatic heterocycles. The van der Waals surface area contributed by atoms with E-state index in [1.165, 1.54) is 12.1 Å². The molecule has 4 rings (SSSR count). The first-order valence-corrected chi connectivity index (χ1v) is 9.20. The molecule has 1 N–H and O–H groups in total. The molecule has 0 radical (unpaired) electrons. The van der Waals surface area contributed by atoms with E-state index in [0.717, 1.165) is 48.2 Å². The summed E-state index contributed by atoms with van der Waals surface area (Å²) in [4.78, 5) is 25.7. The van der Waals surface area contributed by atoms with E-state index < -0.39 is 34.4 Å². The molecule has 0 aliphatic carbocycles. The highest BCUT2D eigenvalue weighted by Gasteiger charge is 2.26. The minimum Gasteiger partial charge on any atom is -0.477 e. The number of hydrogen-bond donors (Lipinski definition) is 1. The van der Waals surface area contributed by atoms with Crippen molar-refractivity contribution in [2.75, 3.05) is 18.0 Å². The van der Waals surface area contributed by atoms with Crippen molar-refractivity contribution in [3.8, 4) is 5.69 Å². The summed E-state index contributed by atoms with van der Waals surface area (Å²) < 4.78 is 44.9. The van der Waals surface area contributed by atoms with Crippen LogP contribution < -0.4 is 10.3 Å². The Morgan fingerprint density at radius 2 is 1.66 bits per heavy atom. The molecule has 2 heterocycles. The number of anilines is 1. The molecule has 1 aliphatic rings. The number of carbonyl (C=O) groups is 1. The van der Waals surface area contributed by atoms with Crippen LogP contribution in [0.4, 0.5) is 18.9 Å². The summed E-state index contributed by atoms with van der Waals surface area (Å²) in [5.41, 5.74) is -1.85. The monoisotopic (exact) mass is 402 g/mol. The molecule has 1 aliphatic heterocycles. The molecule has 3 aromatic rings. The van der Waals surface area contributed by atoms with Crippen LogP contribution in [0.2, 0.25) is 0 Å². The Labute approximate surface area is 163 Å². The fraction of sp³-hybridized carbons (Fsp3) is 0.238. The van der Waals surface area contributed by atoms with Gasteiger partial charge in [-0.2, -0.15) is 0 Å². The molecule has 150 valence electrons. The number of pyridine rings is 1. The number of carboxylic acids is 1. The number of halogens is 3. The minimum atomic E-state index is -1.52. The van der Waals surface area contributed by atoms with Crippen molar-refractivity contribution in [1.82, 2.24) is 4.57 Å². The van der Waals surface area contributed by atoms with Gasteiger partial charge in [-0.3, -0.25) is 4.79 Å². The van der Waals surface area contributed by atoms with Gasteiger partial charge in [-0.1, -0.05) is 0 Å². The predicted molar refractivity (Wildman–Crippen MR) is 102 cm³/mol. The van der Waals surface area contributed by atoms with Crippen molar-refractivity contribution >= 4 is 22.6 Å². The van der Waals surface area contributed by atoms with Gasteiger partial charge in [-0.25, -0.2) is 18.0 Å². The first kappa shape index (κ1) is 19.0. The first-order chi connectivity index (χ1) is 13.9. The SMILES string of the molecule is O=C(O)c1cn(-c2ccc(F)cc2)c2c(F)c(N3CCCCC3)c(F)cc2c1=O. The summed E-state index contributed by atoms with van der Waals surface area (Å²) in [5.74, 6) is -3.91. The van der Waals surface area contributed by atoms with Crippen LogP contribution in [0, 0.1) is 17.5 Å². The molecule has 0 amide bonds. The van der Waals surface area contributed by atoms with Gasteiger partial charge in [0.1, 0.15) is 22.9 Å². The maximum Gasteiger partial charge on any atom is 0.341 e. The van der Waals surface area contributed by atoms with Gasteiger partial charge in [-0.05, 0) is 49.6 Å². The van der Waals surface area contributed by atoms with Gasteiger partial charge in [-0.15, -0.1) is 0 Å². The summed E-state index contributed by atoms with van der Waals surface area (Å²) in [6, 6.07) is 5.80. The Balaban J connectivity index is 2.08. The van der Waals surface area contributed by atoms with E-state index in [4.69, 9.17) is 0 Å². The Bertz CT molecular complexity index is 1170. The molecule has 5 nitrogen and oxygen atoms in total.